The van der Waals surface area contributed by atoms with Crippen LogP contribution >= 0.6 is 0 Å². The highest BCUT2D eigenvalue weighted by Gasteiger charge is 2.20. The van der Waals surface area contributed by atoms with Gasteiger partial charge < -0.3 is 5.11 Å². The van der Waals surface area contributed by atoms with Crippen molar-refractivity contribution in [1.29, 1.82) is 0 Å². The number of hydrogen-bond donors (Lipinski definition) is 1. The lowest BCUT2D eigenvalue weighted by Gasteiger charge is -2.27. The fraction of sp³-hybridized carbons (Fsp3) is 1.00. The van der Waals surface area contributed by atoms with Crippen molar-refractivity contribution in [2.75, 3.05) is 6.61 Å². The van der Waals surface area contributed by atoms with E-state index in [9.17, 15) is 0 Å². The van der Waals surface area contributed by atoms with Gasteiger partial charge in [0.15, 0.2) is 0 Å². The summed E-state index contributed by atoms with van der Waals surface area (Å²) >= 11 is 0. The molecule has 0 aliphatic rings. The van der Waals surface area contributed by atoms with Crippen molar-refractivity contribution in [2.45, 2.75) is 34.6 Å². The van der Waals surface area contributed by atoms with Crippen LogP contribution in [0.1, 0.15) is 34.6 Å². The Kier molecular flexibility index (Phi) is 4.74. The van der Waals surface area contributed by atoms with E-state index in [1.165, 1.54) is 0 Å². The molecule has 0 amide bonds. The molecular weight excluding hydrogens is 136 g/mol. The average molecular weight is 158 g/mol. The van der Waals surface area contributed by atoms with E-state index in [4.69, 9.17) is 5.11 Å². The van der Waals surface area contributed by atoms with E-state index in [0.717, 1.165) is 5.92 Å². The van der Waals surface area contributed by atoms with Gasteiger partial charge in [0.1, 0.15) is 0 Å². The standard InChI is InChI=1S/C10H22O/c1-7(2)9(4)10(5)8(3)6-11/h7-11H,6H2,1-5H3. The molecule has 1 nitrogen and oxygen atoms in total. The largest absolute Gasteiger partial charge is 0.396 e. The number of aliphatic hydroxyl groups excluding tert-OH is 1. The van der Waals surface area contributed by atoms with Crippen LogP contribution in [0.15, 0.2) is 0 Å². The summed E-state index contributed by atoms with van der Waals surface area (Å²) in [5, 5.41) is 8.94. The van der Waals surface area contributed by atoms with Crippen LogP contribution in [0, 0.1) is 23.7 Å². The molecule has 0 bridgehead atoms. The maximum absolute atomic E-state index is 8.94. The lowest BCUT2D eigenvalue weighted by Crippen LogP contribution is -2.22. The van der Waals surface area contributed by atoms with Crippen LogP contribution in [0.4, 0.5) is 0 Å². The predicted molar refractivity (Wildman–Crippen MR) is 49.4 cm³/mol. The molecule has 0 saturated carbocycles. The van der Waals surface area contributed by atoms with Crippen molar-refractivity contribution in [1.82, 2.24) is 0 Å². The highest BCUT2D eigenvalue weighted by Crippen LogP contribution is 2.25. The predicted octanol–water partition coefficient (Wildman–Crippen LogP) is 2.54. The van der Waals surface area contributed by atoms with E-state index >= 15 is 0 Å². The minimum atomic E-state index is 0.318. The fourth-order valence-electron chi connectivity index (χ4n) is 1.29. The van der Waals surface area contributed by atoms with Gasteiger partial charge in [0.05, 0.1) is 0 Å². The maximum atomic E-state index is 8.94. The van der Waals surface area contributed by atoms with Crippen LogP contribution < -0.4 is 0 Å². The van der Waals surface area contributed by atoms with E-state index < -0.39 is 0 Å². The second-order valence-corrected chi connectivity index (χ2v) is 4.12. The number of hydrogen-bond acceptors (Lipinski definition) is 1. The zero-order chi connectivity index (χ0) is 9.02. The highest BCUT2D eigenvalue weighted by molar-refractivity contribution is 4.69. The lowest BCUT2D eigenvalue weighted by molar-refractivity contribution is 0.145. The molecule has 0 radical (unpaired) electrons. The molecule has 0 heterocycles. The third-order valence-electron chi connectivity index (χ3n) is 3.07. The first-order valence-electron chi connectivity index (χ1n) is 4.61. The first-order valence-corrected chi connectivity index (χ1v) is 4.61. The van der Waals surface area contributed by atoms with Gasteiger partial charge in [-0.05, 0) is 23.7 Å². The van der Waals surface area contributed by atoms with Gasteiger partial charge in [-0.25, -0.2) is 0 Å². The summed E-state index contributed by atoms with van der Waals surface area (Å²) in [5.41, 5.74) is 0. The minimum Gasteiger partial charge on any atom is -0.396 e. The van der Waals surface area contributed by atoms with Gasteiger partial charge in [-0.15, -0.1) is 0 Å². The summed E-state index contributed by atoms with van der Waals surface area (Å²) < 4.78 is 0. The smallest absolute Gasteiger partial charge is 0.0459 e. The molecule has 1 N–H and O–H groups in total. The van der Waals surface area contributed by atoms with Gasteiger partial charge in [-0.1, -0.05) is 34.6 Å². The number of aliphatic hydroxyl groups is 1. The van der Waals surface area contributed by atoms with Gasteiger partial charge >= 0.3 is 0 Å². The van der Waals surface area contributed by atoms with Gasteiger partial charge in [0.2, 0.25) is 0 Å². The Hall–Kier alpha value is -0.0400. The highest BCUT2D eigenvalue weighted by atomic mass is 16.3. The Morgan fingerprint density at radius 3 is 1.64 bits per heavy atom. The Balaban J connectivity index is 3.90. The van der Waals surface area contributed by atoms with Crippen molar-refractivity contribution in [3.63, 3.8) is 0 Å². The zero-order valence-corrected chi connectivity index (χ0v) is 8.46. The van der Waals surface area contributed by atoms with Crippen LogP contribution in [-0.4, -0.2) is 11.7 Å². The van der Waals surface area contributed by atoms with E-state index in [1.54, 1.807) is 0 Å². The van der Waals surface area contributed by atoms with Crippen molar-refractivity contribution in [3.05, 3.63) is 0 Å². The summed E-state index contributed by atoms with van der Waals surface area (Å²) in [6.45, 7) is 11.4. The SMILES string of the molecule is CC(C)C(C)C(C)C(C)CO. The van der Waals surface area contributed by atoms with Crippen LogP contribution in [0.3, 0.4) is 0 Å². The van der Waals surface area contributed by atoms with E-state index in [1.807, 2.05) is 0 Å². The third-order valence-corrected chi connectivity index (χ3v) is 3.07. The van der Waals surface area contributed by atoms with Gasteiger partial charge in [0.25, 0.3) is 0 Å². The van der Waals surface area contributed by atoms with E-state index in [0.29, 0.717) is 24.4 Å². The Bertz CT molecular complexity index is 99.0. The summed E-state index contributed by atoms with van der Waals surface area (Å²) in [4.78, 5) is 0. The topological polar surface area (TPSA) is 20.2 Å². The summed E-state index contributed by atoms with van der Waals surface area (Å²) in [5.74, 6) is 2.49. The number of rotatable bonds is 4. The molecule has 3 unspecified atom stereocenters. The first kappa shape index (κ1) is 11.0. The molecule has 0 spiro atoms. The second-order valence-electron chi connectivity index (χ2n) is 4.12. The molecule has 3 atom stereocenters. The lowest BCUT2D eigenvalue weighted by atomic mass is 9.79. The first-order chi connectivity index (χ1) is 5.00. The molecule has 1 heteroatoms. The average Bonchev–Trinajstić information content (AvgIpc) is 2.00. The maximum Gasteiger partial charge on any atom is 0.0459 e. The summed E-state index contributed by atoms with van der Waals surface area (Å²) in [7, 11) is 0. The Labute approximate surface area is 70.8 Å². The van der Waals surface area contributed by atoms with Gasteiger partial charge in [-0.3, -0.25) is 0 Å². The molecule has 0 aromatic rings. The Morgan fingerprint density at radius 2 is 1.36 bits per heavy atom. The molecule has 0 aliphatic carbocycles. The van der Waals surface area contributed by atoms with Crippen LogP contribution in [-0.2, 0) is 0 Å². The molecule has 0 aromatic heterocycles. The molecule has 0 aliphatic heterocycles. The molecule has 68 valence electrons. The van der Waals surface area contributed by atoms with Gasteiger partial charge in [-0.2, -0.15) is 0 Å². The van der Waals surface area contributed by atoms with Crippen molar-refractivity contribution in [2.24, 2.45) is 23.7 Å². The normalized spacial score (nSPS) is 19.9. The zero-order valence-electron chi connectivity index (χ0n) is 8.46. The molecule has 0 aromatic carbocycles. The quantitative estimate of drug-likeness (QED) is 0.666. The molecule has 11 heavy (non-hydrogen) atoms. The Morgan fingerprint density at radius 1 is 0.909 bits per heavy atom. The molecular formula is C10H22O. The van der Waals surface area contributed by atoms with Crippen LogP contribution in [0.5, 0.6) is 0 Å². The van der Waals surface area contributed by atoms with E-state index in [-0.39, 0.29) is 0 Å². The fourth-order valence-corrected chi connectivity index (χ4v) is 1.29. The minimum absolute atomic E-state index is 0.318. The van der Waals surface area contributed by atoms with Crippen LogP contribution in [0.2, 0.25) is 0 Å². The van der Waals surface area contributed by atoms with Crippen molar-refractivity contribution in [3.8, 4) is 0 Å². The summed E-state index contributed by atoms with van der Waals surface area (Å²) in [6.07, 6.45) is 0. The third kappa shape index (κ3) is 3.24. The molecule has 0 fully saturated rings. The van der Waals surface area contributed by atoms with Crippen LogP contribution in [0.25, 0.3) is 0 Å². The van der Waals surface area contributed by atoms with Crippen molar-refractivity contribution < 1.29 is 5.11 Å². The second kappa shape index (κ2) is 4.76. The van der Waals surface area contributed by atoms with Gasteiger partial charge in [0, 0.05) is 6.61 Å². The monoisotopic (exact) mass is 158 g/mol. The summed E-state index contributed by atoms with van der Waals surface area (Å²) in [6, 6.07) is 0. The molecule has 0 rings (SSSR count). The van der Waals surface area contributed by atoms with E-state index in [2.05, 4.69) is 34.6 Å². The van der Waals surface area contributed by atoms with Crippen molar-refractivity contribution >= 4 is 0 Å². The molecule has 0 saturated heterocycles.